The lowest BCUT2D eigenvalue weighted by Crippen LogP contribution is -2.20. The van der Waals surface area contributed by atoms with Gasteiger partial charge in [-0.1, -0.05) is 27.3 Å². The molecule has 0 saturated heterocycles. The van der Waals surface area contributed by atoms with Crippen molar-refractivity contribution in [3.8, 4) is 0 Å². The summed E-state index contributed by atoms with van der Waals surface area (Å²) >= 11 is 4.98. The van der Waals surface area contributed by atoms with Crippen molar-refractivity contribution in [3.63, 3.8) is 0 Å². The average Bonchev–Trinajstić information content (AvgIpc) is 3.07. The number of hydrogen-bond acceptors (Lipinski definition) is 4. The summed E-state index contributed by atoms with van der Waals surface area (Å²) in [6.07, 6.45) is 1.81. The van der Waals surface area contributed by atoms with Gasteiger partial charge in [0.05, 0.1) is 16.8 Å². The topological polar surface area (TPSA) is 61.4 Å². The molecule has 0 fully saturated rings. The van der Waals surface area contributed by atoms with Crippen molar-refractivity contribution in [2.75, 3.05) is 13.2 Å². The number of fused-ring (bicyclic) bond motifs is 1. The van der Waals surface area contributed by atoms with Gasteiger partial charge in [-0.3, -0.25) is 9.48 Å². The summed E-state index contributed by atoms with van der Waals surface area (Å²) in [6.45, 7) is 5.70. The Labute approximate surface area is 157 Å². The molecule has 2 aromatic heterocycles. The minimum absolute atomic E-state index is 0.325. The highest BCUT2D eigenvalue weighted by Gasteiger charge is 2.14. The van der Waals surface area contributed by atoms with Crippen molar-refractivity contribution in [2.45, 2.75) is 20.4 Å². The van der Waals surface area contributed by atoms with Gasteiger partial charge in [-0.05, 0) is 32.0 Å². The van der Waals surface area contributed by atoms with E-state index in [4.69, 9.17) is 4.74 Å². The molecule has 1 amide bonds. The molecule has 0 radical (unpaired) electrons. The fourth-order valence-corrected chi connectivity index (χ4v) is 4.21. The summed E-state index contributed by atoms with van der Waals surface area (Å²) in [6, 6.07) is 6.05. The number of thiazole rings is 1. The maximum Gasteiger partial charge on any atom is 0.300 e. The SMILES string of the molecule is CCOCCn1c(=NC(=O)c2nn(C)cc2C)sc2cc(Br)ccc21. The number of benzene rings is 1. The second-order valence-electron chi connectivity index (χ2n) is 5.60. The van der Waals surface area contributed by atoms with Crippen LogP contribution >= 0.6 is 27.3 Å². The number of ether oxygens (including phenoxy) is 1. The van der Waals surface area contributed by atoms with Gasteiger partial charge in [0.25, 0.3) is 5.91 Å². The first-order valence-electron chi connectivity index (χ1n) is 7.95. The van der Waals surface area contributed by atoms with E-state index in [1.807, 2.05) is 42.8 Å². The quantitative estimate of drug-likeness (QED) is 0.592. The number of carbonyl (C=O) groups excluding carboxylic acids is 1. The molecule has 0 N–H and O–H groups in total. The first kappa shape index (κ1) is 18.0. The van der Waals surface area contributed by atoms with Crippen LogP contribution in [0.15, 0.2) is 33.9 Å². The number of aryl methyl sites for hydroxylation is 2. The number of carbonyl (C=O) groups is 1. The van der Waals surface area contributed by atoms with E-state index in [1.165, 1.54) is 11.3 Å². The molecular weight excluding hydrogens is 404 g/mol. The van der Waals surface area contributed by atoms with E-state index in [2.05, 4.69) is 26.0 Å². The van der Waals surface area contributed by atoms with E-state index in [-0.39, 0.29) is 5.91 Å². The summed E-state index contributed by atoms with van der Waals surface area (Å²) in [5, 5.41) is 4.22. The van der Waals surface area contributed by atoms with Crippen LogP contribution in [0.5, 0.6) is 0 Å². The van der Waals surface area contributed by atoms with Crippen molar-refractivity contribution < 1.29 is 9.53 Å². The smallest absolute Gasteiger partial charge is 0.300 e. The Morgan fingerprint density at radius 2 is 2.24 bits per heavy atom. The molecular formula is C17H19BrN4O2S. The molecule has 2 heterocycles. The van der Waals surface area contributed by atoms with Crippen molar-refractivity contribution in [1.82, 2.24) is 14.3 Å². The van der Waals surface area contributed by atoms with Gasteiger partial charge in [0.2, 0.25) is 0 Å². The summed E-state index contributed by atoms with van der Waals surface area (Å²) < 4.78 is 11.2. The van der Waals surface area contributed by atoms with Gasteiger partial charge in [0, 0.05) is 36.4 Å². The number of rotatable bonds is 5. The fourth-order valence-electron chi connectivity index (χ4n) is 2.61. The van der Waals surface area contributed by atoms with Gasteiger partial charge < -0.3 is 9.30 Å². The van der Waals surface area contributed by atoms with Crippen LogP contribution in [0.3, 0.4) is 0 Å². The maximum atomic E-state index is 12.6. The van der Waals surface area contributed by atoms with Crippen LogP contribution in [0.4, 0.5) is 0 Å². The minimum Gasteiger partial charge on any atom is -0.380 e. The Bertz CT molecular complexity index is 986. The van der Waals surface area contributed by atoms with E-state index < -0.39 is 0 Å². The van der Waals surface area contributed by atoms with Gasteiger partial charge in [0.15, 0.2) is 10.5 Å². The lowest BCUT2D eigenvalue weighted by molar-refractivity contribution is 0.0990. The van der Waals surface area contributed by atoms with Crippen LogP contribution in [-0.2, 0) is 18.3 Å². The summed E-state index contributed by atoms with van der Waals surface area (Å²) in [5.41, 5.74) is 2.25. The predicted molar refractivity (Wildman–Crippen MR) is 102 cm³/mol. The van der Waals surface area contributed by atoms with E-state index >= 15 is 0 Å². The third-order valence-corrected chi connectivity index (χ3v) is 5.25. The zero-order valence-electron chi connectivity index (χ0n) is 14.3. The number of halogens is 1. The van der Waals surface area contributed by atoms with E-state index in [1.54, 1.807) is 11.7 Å². The molecule has 3 rings (SSSR count). The molecule has 132 valence electrons. The second kappa shape index (κ2) is 7.63. The molecule has 25 heavy (non-hydrogen) atoms. The van der Waals surface area contributed by atoms with Crippen molar-refractivity contribution in [2.24, 2.45) is 12.0 Å². The highest BCUT2D eigenvalue weighted by molar-refractivity contribution is 9.10. The lowest BCUT2D eigenvalue weighted by atomic mass is 10.3. The van der Waals surface area contributed by atoms with Gasteiger partial charge in [-0.2, -0.15) is 10.1 Å². The monoisotopic (exact) mass is 422 g/mol. The standard InChI is InChI=1S/C17H19BrN4O2S/c1-4-24-8-7-22-13-6-5-12(18)9-14(13)25-17(22)19-16(23)15-11(2)10-21(3)20-15/h5-6,9-10H,4,7-8H2,1-3H3. The average molecular weight is 423 g/mol. The van der Waals surface area contributed by atoms with Crippen molar-refractivity contribution in [3.05, 3.63) is 44.9 Å². The summed E-state index contributed by atoms with van der Waals surface area (Å²) in [7, 11) is 1.79. The van der Waals surface area contributed by atoms with Crippen LogP contribution in [0.1, 0.15) is 23.0 Å². The number of nitrogens with zero attached hydrogens (tertiary/aromatic N) is 4. The Kier molecular flexibility index (Phi) is 5.51. The second-order valence-corrected chi connectivity index (χ2v) is 7.52. The molecule has 8 heteroatoms. The third-order valence-electron chi connectivity index (χ3n) is 3.72. The summed E-state index contributed by atoms with van der Waals surface area (Å²) in [4.78, 5) is 17.6. The van der Waals surface area contributed by atoms with Crippen LogP contribution in [-0.4, -0.2) is 33.5 Å². The minimum atomic E-state index is -0.325. The highest BCUT2D eigenvalue weighted by atomic mass is 79.9. The number of hydrogen-bond donors (Lipinski definition) is 0. The number of aromatic nitrogens is 3. The number of amides is 1. The first-order chi connectivity index (χ1) is 12.0. The fraction of sp³-hybridized carbons (Fsp3) is 0.353. The van der Waals surface area contributed by atoms with Crippen LogP contribution in [0.25, 0.3) is 10.2 Å². The Morgan fingerprint density at radius 3 is 2.92 bits per heavy atom. The van der Waals surface area contributed by atoms with Crippen molar-refractivity contribution in [1.29, 1.82) is 0 Å². The molecule has 0 atom stereocenters. The third kappa shape index (κ3) is 3.91. The molecule has 0 bridgehead atoms. The molecule has 0 aliphatic rings. The van der Waals surface area contributed by atoms with Crippen LogP contribution < -0.4 is 4.80 Å². The Hall–Kier alpha value is -1.77. The molecule has 0 aliphatic heterocycles. The molecule has 1 aromatic carbocycles. The molecule has 3 aromatic rings. The predicted octanol–water partition coefficient (Wildman–Crippen LogP) is 3.28. The van der Waals surface area contributed by atoms with Gasteiger partial charge in [-0.25, -0.2) is 0 Å². The van der Waals surface area contributed by atoms with E-state index in [0.717, 1.165) is 20.3 Å². The van der Waals surface area contributed by atoms with Gasteiger partial charge in [0.1, 0.15) is 0 Å². The zero-order chi connectivity index (χ0) is 18.0. The zero-order valence-corrected chi connectivity index (χ0v) is 16.7. The van der Waals surface area contributed by atoms with Crippen LogP contribution in [0.2, 0.25) is 0 Å². The van der Waals surface area contributed by atoms with E-state index in [9.17, 15) is 4.79 Å². The largest absolute Gasteiger partial charge is 0.380 e. The molecule has 0 saturated carbocycles. The Morgan fingerprint density at radius 1 is 1.44 bits per heavy atom. The Balaban J connectivity index is 2.08. The highest BCUT2D eigenvalue weighted by Crippen LogP contribution is 2.22. The molecule has 6 nitrogen and oxygen atoms in total. The molecule has 0 aliphatic carbocycles. The van der Waals surface area contributed by atoms with Crippen molar-refractivity contribution >= 4 is 43.4 Å². The van der Waals surface area contributed by atoms with Gasteiger partial charge in [-0.15, -0.1) is 0 Å². The molecule has 0 spiro atoms. The summed E-state index contributed by atoms with van der Waals surface area (Å²) in [5.74, 6) is -0.325. The van der Waals surface area contributed by atoms with E-state index in [0.29, 0.717) is 30.3 Å². The van der Waals surface area contributed by atoms with Crippen LogP contribution in [0, 0.1) is 6.92 Å². The van der Waals surface area contributed by atoms with Gasteiger partial charge >= 0.3 is 0 Å². The first-order valence-corrected chi connectivity index (χ1v) is 9.56. The maximum absolute atomic E-state index is 12.6. The molecule has 0 unspecified atom stereocenters. The normalized spacial score (nSPS) is 12.2. The lowest BCUT2D eigenvalue weighted by Gasteiger charge is -2.05.